The van der Waals surface area contributed by atoms with Gasteiger partial charge in [-0.25, -0.2) is 15.0 Å². The van der Waals surface area contributed by atoms with Gasteiger partial charge < -0.3 is 22.8 Å². The summed E-state index contributed by atoms with van der Waals surface area (Å²) in [6.07, 6.45) is 0. The largest absolute Gasteiger partial charge is 0.309 e. The average molecular weight is 1290 g/mol. The summed E-state index contributed by atoms with van der Waals surface area (Å²) in [6, 6.07) is 128. The number of rotatable bonds is 10. The molecule has 21 aromatic rings. The standard InChI is InChI=1S/C93H58N8/c1-3-23-61(24-4-1)91-94-92(62-25-5-2-6-26-62)96-93(95-91)63-55-76(59-43-47-64(48-44-59)97-80-35-15-7-27-68(80)69-28-8-16-36-81(69)97)90(77(56-63)60-45-49-65(50-46-60)98-82-37-17-9-29-70(82)71-30-10-18-38-83(71)98)101-88-53-51-66(99-84-39-19-11-31-72(84)73-32-12-20-40-85(73)99)57-78(88)79-58-67(52-54-89(79)101)100-86-41-21-13-33-74(86)75-34-14-22-42-87(75)100/h1-58H. The molecule has 0 N–H and O–H groups in total. The highest BCUT2D eigenvalue weighted by molar-refractivity contribution is 6.16. The molecule has 0 fully saturated rings. The first-order chi connectivity index (χ1) is 50.1. The normalized spacial score (nSPS) is 12.0. The molecule has 0 amide bonds. The second kappa shape index (κ2) is 22.4. The third-order valence-corrected chi connectivity index (χ3v) is 20.7. The van der Waals surface area contributed by atoms with Crippen molar-refractivity contribution in [2.45, 2.75) is 0 Å². The van der Waals surface area contributed by atoms with Crippen molar-refractivity contribution in [1.29, 1.82) is 0 Å². The van der Waals surface area contributed by atoms with Crippen molar-refractivity contribution in [3.63, 3.8) is 0 Å². The molecule has 0 saturated heterocycles. The minimum Gasteiger partial charge on any atom is -0.309 e. The van der Waals surface area contributed by atoms with Gasteiger partial charge in [0, 0.05) is 104 Å². The fraction of sp³-hybridized carbons (Fsp3) is 0. The molecule has 470 valence electrons. The molecule has 0 saturated carbocycles. The first-order valence-electron chi connectivity index (χ1n) is 34.4. The van der Waals surface area contributed by atoms with E-state index in [1.54, 1.807) is 0 Å². The van der Waals surface area contributed by atoms with Crippen LogP contribution in [0, 0.1) is 0 Å². The van der Waals surface area contributed by atoms with Crippen LogP contribution in [0.3, 0.4) is 0 Å². The third-order valence-electron chi connectivity index (χ3n) is 20.7. The lowest BCUT2D eigenvalue weighted by Crippen LogP contribution is -2.04. The molecule has 6 aromatic heterocycles. The second-order valence-electron chi connectivity index (χ2n) is 26.3. The van der Waals surface area contributed by atoms with E-state index in [-0.39, 0.29) is 0 Å². The summed E-state index contributed by atoms with van der Waals surface area (Å²) in [7, 11) is 0. The molecule has 8 nitrogen and oxygen atoms in total. The molecular weight excluding hydrogens is 1230 g/mol. The SMILES string of the molecule is c1ccc(-c2nc(-c3ccccc3)nc(-c3cc(-c4ccc(-n5c6ccccc6c6ccccc65)cc4)c(-n4c5ccc(-n6c7ccccc7c7ccccc76)cc5c5cc(-n6c7ccccc7c7ccccc76)ccc54)c(-c4ccc(-n5c6ccccc6c6ccccc65)cc4)c3)n2)cc1. The average Bonchev–Trinajstić information content (AvgIpc) is 1.60. The lowest BCUT2D eigenvalue weighted by Gasteiger charge is -2.22. The smallest absolute Gasteiger partial charge is 0.164 e. The van der Waals surface area contributed by atoms with Crippen LogP contribution in [0.2, 0.25) is 0 Å². The molecule has 8 heteroatoms. The molecular formula is C93H58N8. The Morgan fingerprint density at radius 1 is 0.158 bits per heavy atom. The van der Waals surface area contributed by atoms with E-state index in [1.807, 2.05) is 36.4 Å². The van der Waals surface area contributed by atoms with Crippen molar-refractivity contribution in [2.24, 2.45) is 0 Å². The van der Waals surface area contributed by atoms with Crippen molar-refractivity contribution in [1.82, 2.24) is 37.8 Å². The molecule has 15 aromatic carbocycles. The maximum absolute atomic E-state index is 5.49. The summed E-state index contributed by atoms with van der Waals surface area (Å²) in [5, 5.41) is 11.9. The van der Waals surface area contributed by atoms with Gasteiger partial charge in [0.15, 0.2) is 17.5 Å². The number of benzene rings is 15. The minimum absolute atomic E-state index is 0.560. The van der Waals surface area contributed by atoms with Crippen molar-refractivity contribution in [2.75, 3.05) is 0 Å². The summed E-state index contributed by atoms with van der Waals surface area (Å²) >= 11 is 0. The van der Waals surface area contributed by atoms with E-state index in [2.05, 4.69) is 338 Å². The van der Waals surface area contributed by atoms with Crippen LogP contribution in [0.1, 0.15) is 0 Å². The van der Waals surface area contributed by atoms with E-state index in [0.29, 0.717) is 17.5 Å². The number of aromatic nitrogens is 8. The Morgan fingerprint density at radius 3 is 0.693 bits per heavy atom. The predicted molar refractivity (Wildman–Crippen MR) is 419 cm³/mol. The zero-order valence-electron chi connectivity index (χ0n) is 54.6. The van der Waals surface area contributed by atoms with Gasteiger partial charge in [-0.15, -0.1) is 0 Å². The van der Waals surface area contributed by atoms with Crippen molar-refractivity contribution < 1.29 is 0 Å². The molecule has 0 aliphatic rings. The summed E-state index contributed by atoms with van der Waals surface area (Å²) in [4.78, 5) is 16.2. The van der Waals surface area contributed by atoms with Gasteiger partial charge in [0.1, 0.15) is 0 Å². The van der Waals surface area contributed by atoms with Crippen molar-refractivity contribution in [3.05, 3.63) is 352 Å². The summed E-state index contributed by atoms with van der Waals surface area (Å²) in [6.45, 7) is 0. The first-order valence-corrected chi connectivity index (χ1v) is 34.4. The summed E-state index contributed by atoms with van der Waals surface area (Å²) in [5.74, 6) is 1.74. The van der Waals surface area contributed by atoms with E-state index >= 15 is 0 Å². The highest BCUT2D eigenvalue weighted by Crippen LogP contribution is 2.47. The highest BCUT2D eigenvalue weighted by Gasteiger charge is 2.27. The second-order valence-corrected chi connectivity index (χ2v) is 26.3. The Kier molecular flexibility index (Phi) is 12.5. The maximum atomic E-state index is 5.49. The molecule has 0 aliphatic carbocycles. The number of para-hydroxylation sites is 8. The quantitative estimate of drug-likeness (QED) is 0.137. The van der Waals surface area contributed by atoms with Crippen LogP contribution in [0.15, 0.2) is 352 Å². The number of fused-ring (bicyclic) bond motifs is 15. The summed E-state index contributed by atoms with van der Waals surface area (Å²) in [5.41, 5.74) is 23.3. The van der Waals surface area contributed by atoms with Crippen LogP contribution in [0.4, 0.5) is 0 Å². The number of hydrogen-bond acceptors (Lipinski definition) is 3. The molecule has 0 bridgehead atoms. The van der Waals surface area contributed by atoms with Gasteiger partial charge in [0.05, 0.1) is 60.9 Å². The molecule has 0 spiro atoms. The monoisotopic (exact) mass is 1290 g/mol. The molecule has 0 aliphatic heterocycles. The van der Waals surface area contributed by atoms with Crippen molar-refractivity contribution in [3.8, 4) is 84.9 Å². The van der Waals surface area contributed by atoms with Gasteiger partial charge in [0.25, 0.3) is 0 Å². The Hall–Kier alpha value is -13.7. The van der Waals surface area contributed by atoms with Gasteiger partial charge in [-0.3, -0.25) is 0 Å². The topological polar surface area (TPSA) is 63.3 Å². The van der Waals surface area contributed by atoms with Crippen LogP contribution in [-0.4, -0.2) is 37.8 Å². The Balaban J connectivity index is 0.883. The predicted octanol–water partition coefficient (Wildman–Crippen LogP) is 23.7. The fourth-order valence-electron chi connectivity index (χ4n) is 16.3. The molecule has 21 rings (SSSR count). The van der Waals surface area contributed by atoms with Gasteiger partial charge in [-0.2, -0.15) is 0 Å². The van der Waals surface area contributed by atoms with E-state index in [0.717, 1.165) is 133 Å². The molecule has 6 heterocycles. The van der Waals surface area contributed by atoms with Crippen LogP contribution in [0.5, 0.6) is 0 Å². The lowest BCUT2D eigenvalue weighted by molar-refractivity contribution is 1.07. The molecule has 101 heavy (non-hydrogen) atoms. The van der Waals surface area contributed by atoms with Crippen LogP contribution < -0.4 is 0 Å². The molecule has 0 atom stereocenters. The lowest BCUT2D eigenvalue weighted by atomic mass is 9.92. The highest BCUT2D eigenvalue weighted by atomic mass is 15.1. The van der Waals surface area contributed by atoms with Gasteiger partial charge in [0.2, 0.25) is 0 Å². The number of hydrogen-bond donors (Lipinski definition) is 0. The Bertz CT molecular complexity index is 6310. The fourth-order valence-corrected chi connectivity index (χ4v) is 16.3. The van der Waals surface area contributed by atoms with Gasteiger partial charge in [-0.1, -0.05) is 231 Å². The maximum Gasteiger partial charge on any atom is 0.164 e. The first kappa shape index (κ1) is 56.5. The minimum atomic E-state index is 0.560. The van der Waals surface area contributed by atoms with E-state index < -0.39 is 0 Å². The van der Waals surface area contributed by atoms with Crippen LogP contribution >= 0.6 is 0 Å². The third kappa shape index (κ3) is 8.78. The van der Waals surface area contributed by atoms with E-state index in [1.165, 1.54) is 43.1 Å². The summed E-state index contributed by atoms with van der Waals surface area (Å²) < 4.78 is 12.2. The zero-order valence-corrected chi connectivity index (χ0v) is 54.6. The van der Waals surface area contributed by atoms with Crippen LogP contribution in [-0.2, 0) is 0 Å². The Labute approximate surface area is 580 Å². The van der Waals surface area contributed by atoms with Gasteiger partial charge >= 0.3 is 0 Å². The zero-order chi connectivity index (χ0) is 66.2. The van der Waals surface area contributed by atoms with Gasteiger partial charge in [-0.05, 0) is 132 Å². The van der Waals surface area contributed by atoms with Crippen molar-refractivity contribution >= 4 is 109 Å². The van der Waals surface area contributed by atoms with E-state index in [9.17, 15) is 0 Å². The molecule has 0 unspecified atom stereocenters. The number of nitrogens with zero attached hydrogens (tertiary/aromatic N) is 8. The molecule has 0 radical (unpaired) electrons. The van der Waals surface area contributed by atoms with E-state index in [4.69, 9.17) is 15.0 Å². The van der Waals surface area contributed by atoms with Crippen LogP contribution in [0.25, 0.3) is 194 Å². The Morgan fingerprint density at radius 2 is 0.396 bits per heavy atom.